The third-order valence-electron chi connectivity index (χ3n) is 4.56. The van der Waals surface area contributed by atoms with E-state index in [-0.39, 0.29) is 11.3 Å². The number of amides is 1. The standard InChI is InChI=1S/C17H18F3N5O3/c1-9(2)16(3,8-21)23-12(26)7-25-14(27)10-5-6-11(17(18,19)20)22-13(10)24(4)15(25)28/h5-6,9H,7H2,1-4H3,(H,23,26). The average molecular weight is 397 g/mol. The second-order valence-corrected chi connectivity index (χ2v) is 6.82. The molecule has 150 valence electrons. The molecule has 0 saturated heterocycles. The number of halogens is 3. The highest BCUT2D eigenvalue weighted by atomic mass is 19.4. The quantitative estimate of drug-likeness (QED) is 0.833. The highest BCUT2D eigenvalue weighted by molar-refractivity contribution is 5.78. The van der Waals surface area contributed by atoms with Crippen molar-refractivity contribution in [1.29, 1.82) is 5.26 Å². The van der Waals surface area contributed by atoms with Crippen LogP contribution >= 0.6 is 0 Å². The Kier molecular flexibility index (Phi) is 5.36. The van der Waals surface area contributed by atoms with Crippen molar-refractivity contribution in [3.8, 4) is 6.07 Å². The van der Waals surface area contributed by atoms with Gasteiger partial charge in [0.05, 0.1) is 11.5 Å². The van der Waals surface area contributed by atoms with Gasteiger partial charge in [-0.2, -0.15) is 18.4 Å². The fourth-order valence-electron chi connectivity index (χ4n) is 2.45. The smallest absolute Gasteiger partial charge is 0.336 e. The van der Waals surface area contributed by atoms with Crippen molar-refractivity contribution in [3.63, 3.8) is 0 Å². The third-order valence-corrected chi connectivity index (χ3v) is 4.56. The lowest BCUT2D eigenvalue weighted by Gasteiger charge is -2.27. The van der Waals surface area contributed by atoms with Crippen molar-refractivity contribution in [1.82, 2.24) is 19.4 Å². The van der Waals surface area contributed by atoms with Crippen LogP contribution in [0.3, 0.4) is 0 Å². The van der Waals surface area contributed by atoms with Crippen molar-refractivity contribution in [3.05, 3.63) is 38.7 Å². The first kappa shape index (κ1) is 21.1. The maximum absolute atomic E-state index is 12.8. The largest absolute Gasteiger partial charge is 0.433 e. The Balaban J connectivity index is 2.53. The first-order chi connectivity index (χ1) is 12.8. The molecule has 0 aromatic carbocycles. The number of hydrogen-bond donors (Lipinski definition) is 1. The van der Waals surface area contributed by atoms with Crippen molar-refractivity contribution in [2.24, 2.45) is 13.0 Å². The van der Waals surface area contributed by atoms with Crippen LogP contribution in [0.25, 0.3) is 11.0 Å². The molecular formula is C17H18F3N5O3. The van der Waals surface area contributed by atoms with Crippen molar-refractivity contribution in [2.75, 3.05) is 0 Å². The van der Waals surface area contributed by atoms with Crippen LogP contribution in [0.15, 0.2) is 21.7 Å². The zero-order valence-corrected chi connectivity index (χ0v) is 15.6. The molecule has 0 spiro atoms. The topological polar surface area (TPSA) is 110 Å². The van der Waals surface area contributed by atoms with Crippen LogP contribution < -0.4 is 16.6 Å². The highest BCUT2D eigenvalue weighted by Gasteiger charge is 2.33. The number of hydrogen-bond acceptors (Lipinski definition) is 5. The number of nitrogens with zero attached hydrogens (tertiary/aromatic N) is 4. The van der Waals surface area contributed by atoms with E-state index in [1.54, 1.807) is 13.8 Å². The summed E-state index contributed by atoms with van der Waals surface area (Å²) in [4.78, 5) is 40.6. The molecule has 2 aromatic rings. The van der Waals surface area contributed by atoms with Gasteiger partial charge in [0.15, 0.2) is 0 Å². The minimum atomic E-state index is -4.74. The second-order valence-electron chi connectivity index (χ2n) is 6.82. The van der Waals surface area contributed by atoms with Gasteiger partial charge in [-0.1, -0.05) is 13.8 Å². The lowest BCUT2D eigenvalue weighted by Crippen LogP contribution is -2.52. The number of aryl methyl sites for hydroxylation is 1. The van der Waals surface area contributed by atoms with Crippen molar-refractivity contribution in [2.45, 2.75) is 39.0 Å². The minimum absolute atomic E-state index is 0.241. The number of pyridine rings is 1. The summed E-state index contributed by atoms with van der Waals surface area (Å²) in [7, 11) is 1.15. The molecule has 0 saturated carbocycles. The molecule has 2 aromatic heterocycles. The molecule has 1 N–H and O–H groups in total. The first-order valence-electron chi connectivity index (χ1n) is 8.22. The predicted molar refractivity (Wildman–Crippen MR) is 93.2 cm³/mol. The average Bonchev–Trinajstić information content (AvgIpc) is 2.61. The van der Waals surface area contributed by atoms with Crippen molar-refractivity contribution >= 4 is 16.9 Å². The molecule has 11 heteroatoms. The van der Waals surface area contributed by atoms with Gasteiger partial charge in [0, 0.05) is 7.05 Å². The maximum Gasteiger partial charge on any atom is 0.433 e. The number of aromatic nitrogens is 3. The summed E-state index contributed by atoms with van der Waals surface area (Å²) in [6.07, 6.45) is -4.74. The Labute approximate surface area is 157 Å². The molecule has 0 aliphatic heterocycles. The van der Waals surface area contributed by atoms with Gasteiger partial charge < -0.3 is 5.32 Å². The van der Waals surface area contributed by atoms with E-state index in [1.807, 2.05) is 6.07 Å². The van der Waals surface area contributed by atoms with Crippen molar-refractivity contribution < 1.29 is 18.0 Å². The van der Waals surface area contributed by atoms with Crippen LogP contribution in [0, 0.1) is 17.2 Å². The van der Waals surface area contributed by atoms with E-state index in [2.05, 4.69) is 10.3 Å². The van der Waals surface area contributed by atoms with Crippen LogP contribution in [-0.2, 0) is 24.6 Å². The Bertz CT molecular complexity index is 1090. The highest BCUT2D eigenvalue weighted by Crippen LogP contribution is 2.28. The monoisotopic (exact) mass is 397 g/mol. The van der Waals surface area contributed by atoms with E-state index in [0.29, 0.717) is 10.6 Å². The number of carbonyl (C=O) groups excluding carboxylic acids is 1. The van der Waals surface area contributed by atoms with E-state index in [9.17, 15) is 32.8 Å². The van der Waals surface area contributed by atoms with Gasteiger partial charge in [0.25, 0.3) is 5.56 Å². The van der Waals surface area contributed by atoms with Gasteiger partial charge in [-0.05, 0) is 25.0 Å². The molecule has 1 atom stereocenters. The van der Waals surface area contributed by atoms with Crippen LogP contribution in [0.2, 0.25) is 0 Å². The number of alkyl halides is 3. The van der Waals surface area contributed by atoms with Gasteiger partial charge in [-0.25, -0.2) is 9.78 Å². The Morgan fingerprint density at radius 3 is 2.43 bits per heavy atom. The first-order valence-corrected chi connectivity index (χ1v) is 8.22. The molecule has 2 rings (SSSR count). The molecule has 2 heterocycles. The van der Waals surface area contributed by atoms with Crippen LogP contribution in [0.1, 0.15) is 26.5 Å². The molecule has 28 heavy (non-hydrogen) atoms. The maximum atomic E-state index is 12.8. The Hall–Kier alpha value is -3.16. The summed E-state index contributed by atoms with van der Waals surface area (Å²) in [6.45, 7) is 4.25. The Morgan fingerprint density at radius 2 is 1.93 bits per heavy atom. The van der Waals surface area contributed by atoms with Crippen LogP contribution in [0.4, 0.5) is 13.2 Å². The summed E-state index contributed by atoms with van der Waals surface area (Å²) < 4.78 is 39.9. The number of nitrogens with one attached hydrogen (secondary N) is 1. The normalized spacial score (nSPS) is 14.0. The minimum Gasteiger partial charge on any atom is -0.336 e. The van der Waals surface area contributed by atoms with Crippen LogP contribution in [0.5, 0.6) is 0 Å². The van der Waals surface area contributed by atoms with Gasteiger partial charge in [0.1, 0.15) is 23.4 Å². The molecule has 0 radical (unpaired) electrons. The lowest BCUT2D eigenvalue weighted by molar-refractivity contribution is -0.141. The molecule has 0 aliphatic rings. The summed E-state index contributed by atoms with van der Waals surface area (Å²) in [5.41, 5.74) is -4.84. The summed E-state index contributed by atoms with van der Waals surface area (Å²) >= 11 is 0. The number of fused-ring (bicyclic) bond motifs is 1. The molecular weight excluding hydrogens is 379 g/mol. The van der Waals surface area contributed by atoms with E-state index in [0.717, 1.165) is 17.7 Å². The summed E-state index contributed by atoms with van der Waals surface area (Å²) in [5, 5.41) is 11.5. The number of carbonyl (C=O) groups is 1. The van der Waals surface area contributed by atoms with E-state index >= 15 is 0 Å². The molecule has 8 nitrogen and oxygen atoms in total. The zero-order valence-electron chi connectivity index (χ0n) is 15.6. The molecule has 0 aliphatic carbocycles. The van der Waals surface area contributed by atoms with Gasteiger partial charge in [0.2, 0.25) is 5.91 Å². The molecule has 1 amide bonds. The molecule has 0 bridgehead atoms. The van der Waals surface area contributed by atoms with Gasteiger partial charge in [-0.3, -0.25) is 18.7 Å². The molecule has 1 unspecified atom stereocenters. The fourth-order valence-corrected chi connectivity index (χ4v) is 2.45. The number of rotatable bonds is 4. The Morgan fingerprint density at radius 1 is 1.32 bits per heavy atom. The lowest BCUT2D eigenvalue weighted by atomic mass is 9.90. The van der Waals surface area contributed by atoms with Gasteiger partial charge >= 0.3 is 11.9 Å². The van der Waals surface area contributed by atoms with Crippen LogP contribution in [-0.4, -0.2) is 25.6 Å². The summed E-state index contributed by atoms with van der Waals surface area (Å²) in [6, 6.07) is 3.51. The van der Waals surface area contributed by atoms with E-state index in [1.165, 1.54) is 6.92 Å². The summed E-state index contributed by atoms with van der Waals surface area (Å²) in [5.74, 6) is -1.00. The van der Waals surface area contributed by atoms with E-state index < -0.39 is 46.8 Å². The number of nitriles is 1. The second kappa shape index (κ2) is 7.10. The third kappa shape index (κ3) is 3.76. The van der Waals surface area contributed by atoms with Gasteiger partial charge in [-0.15, -0.1) is 0 Å². The predicted octanol–water partition coefficient (Wildman–Crippen LogP) is 1.17. The fraction of sp³-hybridized carbons (Fsp3) is 0.471. The van der Waals surface area contributed by atoms with E-state index in [4.69, 9.17) is 0 Å². The SMILES string of the molecule is CC(C)C(C)(C#N)NC(=O)Cn1c(=O)c2ccc(C(F)(F)F)nc2n(C)c1=O. The molecule has 0 fully saturated rings. The zero-order chi connectivity index (χ0) is 21.4.